The molecule has 128 valence electrons. The second-order valence-electron chi connectivity index (χ2n) is 6.13. The van der Waals surface area contributed by atoms with Gasteiger partial charge in [-0.05, 0) is 29.7 Å². The Labute approximate surface area is 146 Å². The molecule has 0 saturated carbocycles. The van der Waals surface area contributed by atoms with Crippen LogP contribution >= 0.6 is 11.6 Å². The number of amides is 1. The van der Waals surface area contributed by atoms with E-state index in [0.717, 1.165) is 32.7 Å². The number of benzene rings is 1. The molecule has 0 aliphatic carbocycles. The second-order valence-corrected chi connectivity index (χ2v) is 6.47. The number of carbonyl (C=O) groups is 1. The summed E-state index contributed by atoms with van der Waals surface area (Å²) in [6, 6.07) is 8.47. The number of halogens is 1. The molecule has 1 amide bonds. The first kappa shape index (κ1) is 16.9. The molecule has 7 heteroatoms. The number of carbonyl (C=O) groups excluding carboxylic acids is 1. The van der Waals surface area contributed by atoms with Crippen molar-refractivity contribution in [1.82, 2.24) is 25.0 Å². The van der Waals surface area contributed by atoms with E-state index in [1.165, 1.54) is 11.1 Å². The van der Waals surface area contributed by atoms with Gasteiger partial charge in [0.1, 0.15) is 5.82 Å². The zero-order valence-corrected chi connectivity index (χ0v) is 14.6. The fraction of sp³-hybridized carbons (Fsp3) is 0.471. The number of nitrogens with one attached hydrogen (secondary N) is 1. The average molecular weight is 348 g/mol. The number of aromatic amines is 1. The van der Waals surface area contributed by atoms with Crippen LogP contribution in [0, 0.1) is 6.92 Å². The minimum Gasteiger partial charge on any atom is -0.340 e. The highest BCUT2D eigenvalue weighted by atomic mass is 35.5. The van der Waals surface area contributed by atoms with E-state index >= 15 is 0 Å². The molecule has 0 radical (unpaired) electrons. The average Bonchev–Trinajstić information content (AvgIpc) is 3.01. The predicted molar refractivity (Wildman–Crippen MR) is 92.7 cm³/mol. The van der Waals surface area contributed by atoms with Gasteiger partial charge in [-0.1, -0.05) is 24.3 Å². The Hall–Kier alpha value is -1.92. The molecule has 1 aliphatic rings. The van der Waals surface area contributed by atoms with Crippen LogP contribution in [0.15, 0.2) is 24.3 Å². The highest BCUT2D eigenvalue weighted by molar-refractivity contribution is 6.28. The first-order valence-electron chi connectivity index (χ1n) is 8.23. The van der Waals surface area contributed by atoms with Gasteiger partial charge in [-0.3, -0.25) is 14.8 Å². The van der Waals surface area contributed by atoms with Crippen LogP contribution in [-0.4, -0.2) is 57.1 Å². The molecule has 0 spiro atoms. The molecule has 1 aromatic carbocycles. The van der Waals surface area contributed by atoms with Gasteiger partial charge in [-0.25, -0.2) is 4.98 Å². The largest absolute Gasteiger partial charge is 0.340 e. The van der Waals surface area contributed by atoms with Crippen molar-refractivity contribution in [1.29, 1.82) is 0 Å². The Bertz CT molecular complexity index is 694. The van der Waals surface area contributed by atoms with Gasteiger partial charge >= 0.3 is 0 Å². The molecule has 2 heterocycles. The van der Waals surface area contributed by atoms with Crippen molar-refractivity contribution in [3.8, 4) is 0 Å². The number of hydrogen-bond donors (Lipinski definition) is 1. The van der Waals surface area contributed by atoms with Gasteiger partial charge in [0.25, 0.3) is 0 Å². The van der Waals surface area contributed by atoms with Gasteiger partial charge in [0, 0.05) is 45.6 Å². The number of H-pyrrole nitrogens is 1. The molecule has 1 N–H and O–H groups in total. The van der Waals surface area contributed by atoms with Gasteiger partial charge in [0.2, 0.25) is 11.2 Å². The van der Waals surface area contributed by atoms with Gasteiger partial charge in [0.15, 0.2) is 0 Å². The summed E-state index contributed by atoms with van der Waals surface area (Å²) in [6.07, 6.45) is 0.977. The molecule has 0 bridgehead atoms. The maximum atomic E-state index is 12.3. The summed E-state index contributed by atoms with van der Waals surface area (Å²) in [4.78, 5) is 20.7. The van der Waals surface area contributed by atoms with Gasteiger partial charge in [0.05, 0.1) is 0 Å². The standard InChI is InChI=1S/C17H22ClN5O/c1-13-4-2-3-5-14(13)12-22-8-10-23(11-9-22)16(24)7-6-15-19-17(18)21-20-15/h2-5H,6-12H2,1H3,(H,19,20,21). The smallest absolute Gasteiger partial charge is 0.242 e. The van der Waals surface area contributed by atoms with E-state index in [2.05, 4.69) is 51.3 Å². The summed E-state index contributed by atoms with van der Waals surface area (Å²) in [7, 11) is 0. The quantitative estimate of drug-likeness (QED) is 0.899. The summed E-state index contributed by atoms with van der Waals surface area (Å²) in [5.41, 5.74) is 2.68. The van der Waals surface area contributed by atoms with E-state index in [4.69, 9.17) is 11.6 Å². The molecule has 6 nitrogen and oxygen atoms in total. The van der Waals surface area contributed by atoms with E-state index in [9.17, 15) is 4.79 Å². The lowest BCUT2D eigenvalue weighted by molar-refractivity contribution is -0.133. The Morgan fingerprint density at radius 2 is 2.00 bits per heavy atom. The summed E-state index contributed by atoms with van der Waals surface area (Å²) < 4.78 is 0. The van der Waals surface area contributed by atoms with Crippen molar-refractivity contribution in [2.45, 2.75) is 26.3 Å². The zero-order valence-electron chi connectivity index (χ0n) is 13.8. The van der Waals surface area contributed by atoms with Crippen LogP contribution in [0.2, 0.25) is 5.28 Å². The fourth-order valence-corrected chi connectivity index (χ4v) is 3.10. The number of nitrogens with zero attached hydrogens (tertiary/aromatic N) is 4. The van der Waals surface area contributed by atoms with Crippen LogP contribution in [0.4, 0.5) is 0 Å². The molecule has 1 saturated heterocycles. The van der Waals surface area contributed by atoms with E-state index in [0.29, 0.717) is 18.7 Å². The highest BCUT2D eigenvalue weighted by Gasteiger charge is 2.21. The number of rotatable bonds is 5. The third kappa shape index (κ3) is 4.33. The molecule has 2 aromatic rings. The van der Waals surface area contributed by atoms with Gasteiger partial charge in [-0.2, -0.15) is 0 Å². The highest BCUT2D eigenvalue weighted by Crippen LogP contribution is 2.13. The van der Waals surface area contributed by atoms with Crippen LogP contribution in [-0.2, 0) is 17.8 Å². The van der Waals surface area contributed by atoms with Crippen molar-refractivity contribution < 1.29 is 4.79 Å². The Morgan fingerprint density at radius 1 is 1.25 bits per heavy atom. The Kier molecular flexibility index (Phi) is 5.48. The van der Waals surface area contributed by atoms with Crippen molar-refractivity contribution in [3.63, 3.8) is 0 Å². The maximum absolute atomic E-state index is 12.3. The molecular formula is C17H22ClN5O. The molecule has 0 atom stereocenters. The number of aryl methyl sites for hydroxylation is 2. The van der Waals surface area contributed by atoms with Crippen LogP contribution in [0.3, 0.4) is 0 Å². The summed E-state index contributed by atoms with van der Waals surface area (Å²) >= 11 is 5.66. The van der Waals surface area contributed by atoms with Crippen molar-refractivity contribution >= 4 is 17.5 Å². The SMILES string of the molecule is Cc1ccccc1CN1CCN(C(=O)CCc2nc(Cl)n[nH]2)CC1. The molecule has 3 rings (SSSR count). The third-order valence-electron chi connectivity index (χ3n) is 4.46. The van der Waals surface area contributed by atoms with Crippen molar-refractivity contribution in [3.05, 3.63) is 46.5 Å². The van der Waals surface area contributed by atoms with Crippen molar-refractivity contribution in [2.75, 3.05) is 26.2 Å². The first-order chi connectivity index (χ1) is 11.6. The number of aromatic nitrogens is 3. The van der Waals surface area contributed by atoms with Gasteiger partial charge in [-0.15, -0.1) is 5.10 Å². The van der Waals surface area contributed by atoms with Crippen molar-refractivity contribution in [2.24, 2.45) is 0 Å². The van der Waals surface area contributed by atoms with Gasteiger partial charge < -0.3 is 4.90 Å². The van der Waals surface area contributed by atoms with Crippen LogP contribution in [0.25, 0.3) is 0 Å². The van der Waals surface area contributed by atoms with Crippen LogP contribution in [0.5, 0.6) is 0 Å². The second kappa shape index (κ2) is 7.77. The fourth-order valence-electron chi connectivity index (χ4n) is 2.95. The normalized spacial score (nSPS) is 15.7. The lowest BCUT2D eigenvalue weighted by Gasteiger charge is -2.35. The molecule has 0 unspecified atom stereocenters. The molecule has 24 heavy (non-hydrogen) atoms. The summed E-state index contributed by atoms with van der Waals surface area (Å²) in [5, 5.41) is 6.69. The molecule has 1 aromatic heterocycles. The topological polar surface area (TPSA) is 65.1 Å². The summed E-state index contributed by atoms with van der Waals surface area (Å²) in [5.74, 6) is 0.824. The zero-order chi connectivity index (χ0) is 16.9. The monoisotopic (exact) mass is 347 g/mol. The van der Waals surface area contributed by atoms with E-state index in [1.807, 2.05) is 4.90 Å². The van der Waals surface area contributed by atoms with E-state index in [-0.39, 0.29) is 11.2 Å². The van der Waals surface area contributed by atoms with Crippen LogP contribution in [0.1, 0.15) is 23.4 Å². The lowest BCUT2D eigenvalue weighted by atomic mass is 10.1. The minimum absolute atomic E-state index is 0.165. The lowest BCUT2D eigenvalue weighted by Crippen LogP contribution is -2.48. The van der Waals surface area contributed by atoms with E-state index < -0.39 is 0 Å². The minimum atomic E-state index is 0.165. The predicted octanol–water partition coefficient (Wildman–Crippen LogP) is 2.04. The first-order valence-corrected chi connectivity index (χ1v) is 8.61. The Morgan fingerprint density at radius 3 is 2.67 bits per heavy atom. The van der Waals surface area contributed by atoms with E-state index in [1.54, 1.807) is 0 Å². The molecular weight excluding hydrogens is 326 g/mol. The van der Waals surface area contributed by atoms with Crippen LogP contribution < -0.4 is 0 Å². The molecule has 1 aliphatic heterocycles. The Balaban J connectivity index is 1.44. The molecule has 1 fully saturated rings. The maximum Gasteiger partial charge on any atom is 0.242 e. The summed E-state index contributed by atoms with van der Waals surface area (Å²) in [6.45, 7) is 6.47. The third-order valence-corrected chi connectivity index (χ3v) is 4.63. The number of piperazine rings is 1. The number of hydrogen-bond acceptors (Lipinski definition) is 4.